The number of hydrogen-bond acceptors (Lipinski definition) is 4. The van der Waals surface area contributed by atoms with Gasteiger partial charge in [-0.2, -0.15) is 0 Å². The Morgan fingerprint density at radius 2 is 1.95 bits per heavy atom. The Morgan fingerprint density at radius 3 is 2.57 bits per heavy atom. The molecule has 3 N–H and O–H groups in total. The molecule has 2 rings (SSSR count). The van der Waals surface area contributed by atoms with Gasteiger partial charge in [-0.3, -0.25) is 4.79 Å². The van der Waals surface area contributed by atoms with Crippen molar-refractivity contribution in [2.45, 2.75) is 31.4 Å². The molecular weight excluding hydrogens is 278 g/mol. The van der Waals surface area contributed by atoms with Gasteiger partial charge in [0.05, 0.1) is 12.0 Å². The van der Waals surface area contributed by atoms with Crippen LogP contribution >= 0.6 is 0 Å². The molecule has 0 aliphatic carbocycles. The summed E-state index contributed by atoms with van der Waals surface area (Å²) in [6.45, 7) is 0.819. The third-order valence-electron chi connectivity index (χ3n) is 4.12. The molecule has 2 heterocycles. The molecule has 8 nitrogen and oxygen atoms in total. The summed E-state index contributed by atoms with van der Waals surface area (Å²) >= 11 is 0. The first kappa shape index (κ1) is 15.6. The van der Waals surface area contributed by atoms with E-state index in [1.807, 2.05) is 0 Å². The number of nitrogens with zero attached hydrogens (tertiary/aromatic N) is 2. The SMILES string of the molecule is CNC(=O)C1CCCN(C(=O)N2C[C@H](O)C[C@H]2C(=O)O)C1. The van der Waals surface area contributed by atoms with Crippen molar-refractivity contribution in [3.8, 4) is 0 Å². The molecule has 21 heavy (non-hydrogen) atoms. The van der Waals surface area contributed by atoms with E-state index < -0.39 is 24.1 Å². The van der Waals surface area contributed by atoms with Crippen LogP contribution in [-0.2, 0) is 9.59 Å². The first-order chi connectivity index (χ1) is 9.93. The van der Waals surface area contributed by atoms with Crippen molar-refractivity contribution in [3.63, 3.8) is 0 Å². The summed E-state index contributed by atoms with van der Waals surface area (Å²) in [6, 6.07) is -1.40. The van der Waals surface area contributed by atoms with Gasteiger partial charge < -0.3 is 25.3 Å². The van der Waals surface area contributed by atoms with Gasteiger partial charge in [-0.1, -0.05) is 0 Å². The first-order valence-corrected chi connectivity index (χ1v) is 7.12. The van der Waals surface area contributed by atoms with E-state index in [4.69, 9.17) is 5.11 Å². The van der Waals surface area contributed by atoms with Gasteiger partial charge in [0.2, 0.25) is 5.91 Å². The fourth-order valence-corrected chi connectivity index (χ4v) is 3.01. The molecule has 2 aliphatic heterocycles. The van der Waals surface area contributed by atoms with Crippen LogP contribution < -0.4 is 5.32 Å². The average Bonchev–Trinajstić information content (AvgIpc) is 2.88. The molecule has 0 saturated carbocycles. The van der Waals surface area contributed by atoms with E-state index in [9.17, 15) is 19.5 Å². The summed E-state index contributed by atoms with van der Waals surface area (Å²) in [5.74, 6) is -1.48. The number of β-amino-alcohol motifs (C(OH)–C–C–N with tert-alkyl or cyclic N) is 1. The van der Waals surface area contributed by atoms with Crippen molar-refractivity contribution in [1.29, 1.82) is 0 Å². The third-order valence-corrected chi connectivity index (χ3v) is 4.12. The zero-order chi connectivity index (χ0) is 15.6. The van der Waals surface area contributed by atoms with E-state index in [2.05, 4.69) is 5.32 Å². The first-order valence-electron chi connectivity index (χ1n) is 7.12. The van der Waals surface area contributed by atoms with Crippen molar-refractivity contribution in [3.05, 3.63) is 0 Å². The van der Waals surface area contributed by atoms with Crippen molar-refractivity contribution >= 4 is 17.9 Å². The van der Waals surface area contributed by atoms with Crippen molar-refractivity contribution < 1.29 is 24.6 Å². The van der Waals surface area contributed by atoms with Crippen molar-refractivity contribution in [2.24, 2.45) is 5.92 Å². The molecule has 2 fully saturated rings. The molecule has 2 aliphatic rings. The summed E-state index contributed by atoms with van der Waals surface area (Å²) in [5, 5.41) is 21.3. The molecule has 0 aromatic carbocycles. The maximum Gasteiger partial charge on any atom is 0.326 e. The number of aliphatic hydroxyl groups is 1. The lowest BCUT2D eigenvalue weighted by atomic mass is 9.97. The van der Waals surface area contributed by atoms with Gasteiger partial charge >= 0.3 is 12.0 Å². The second-order valence-electron chi connectivity index (χ2n) is 5.58. The normalized spacial score (nSPS) is 29.3. The molecule has 0 bridgehead atoms. The van der Waals surface area contributed by atoms with Gasteiger partial charge in [-0.05, 0) is 12.8 Å². The highest BCUT2D eigenvalue weighted by Gasteiger charge is 2.41. The number of carboxylic acids is 1. The third kappa shape index (κ3) is 3.26. The maximum absolute atomic E-state index is 12.5. The Labute approximate surface area is 122 Å². The molecule has 3 amide bonds. The van der Waals surface area contributed by atoms with E-state index in [1.165, 1.54) is 9.80 Å². The van der Waals surface area contributed by atoms with Crippen LogP contribution in [0.4, 0.5) is 4.79 Å². The number of rotatable bonds is 2. The van der Waals surface area contributed by atoms with Crippen LogP contribution in [0.15, 0.2) is 0 Å². The number of carbonyl (C=O) groups excluding carboxylic acids is 2. The quantitative estimate of drug-likeness (QED) is 0.611. The van der Waals surface area contributed by atoms with Crippen LogP contribution in [-0.4, -0.2) is 76.7 Å². The summed E-state index contributed by atoms with van der Waals surface area (Å²) in [6.07, 6.45) is 0.662. The lowest BCUT2D eigenvalue weighted by molar-refractivity contribution is -0.141. The number of aliphatic carboxylic acids is 1. The molecule has 0 aromatic rings. The van der Waals surface area contributed by atoms with Gasteiger partial charge in [0, 0.05) is 33.1 Å². The Bertz CT molecular complexity index is 442. The molecule has 8 heteroatoms. The van der Waals surface area contributed by atoms with Crippen LogP contribution in [0, 0.1) is 5.92 Å². The van der Waals surface area contributed by atoms with Gasteiger partial charge in [-0.25, -0.2) is 9.59 Å². The highest BCUT2D eigenvalue weighted by molar-refractivity contribution is 5.84. The standard InChI is InChI=1S/C13H21N3O5/c1-14-11(18)8-3-2-4-15(6-8)13(21)16-7-9(17)5-10(16)12(19)20/h8-10,17H,2-7H2,1H3,(H,14,18)(H,19,20)/t8?,9-,10+/m1/s1. The second-order valence-corrected chi connectivity index (χ2v) is 5.58. The smallest absolute Gasteiger partial charge is 0.326 e. The number of nitrogens with one attached hydrogen (secondary N) is 1. The lowest BCUT2D eigenvalue weighted by Crippen LogP contribution is -2.52. The molecule has 3 atom stereocenters. The Morgan fingerprint density at radius 1 is 1.24 bits per heavy atom. The highest BCUT2D eigenvalue weighted by atomic mass is 16.4. The van der Waals surface area contributed by atoms with Crippen LogP contribution in [0.2, 0.25) is 0 Å². The zero-order valence-electron chi connectivity index (χ0n) is 12.0. The molecule has 2 saturated heterocycles. The van der Waals surface area contributed by atoms with Crippen LogP contribution in [0.5, 0.6) is 0 Å². The predicted octanol–water partition coefficient (Wildman–Crippen LogP) is -0.916. The largest absolute Gasteiger partial charge is 0.480 e. The number of urea groups is 1. The summed E-state index contributed by atoms with van der Waals surface area (Å²) < 4.78 is 0. The van der Waals surface area contributed by atoms with E-state index in [1.54, 1.807) is 7.05 Å². The number of carboxylic acid groups (broad SMARTS) is 1. The maximum atomic E-state index is 12.5. The van der Waals surface area contributed by atoms with Gasteiger partial charge in [-0.15, -0.1) is 0 Å². The predicted molar refractivity (Wildman–Crippen MR) is 72.5 cm³/mol. The van der Waals surface area contributed by atoms with E-state index in [0.717, 1.165) is 0 Å². The molecule has 0 aromatic heterocycles. The fourth-order valence-electron chi connectivity index (χ4n) is 3.01. The average molecular weight is 299 g/mol. The Kier molecular flexibility index (Phi) is 4.66. The number of piperidine rings is 1. The molecule has 0 radical (unpaired) electrons. The summed E-state index contributed by atoms with van der Waals surface area (Å²) in [4.78, 5) is 38.0. The summed E-state index contributed by atoms with van der Waals surface area (Å²) in [5.41, 5.74) is 0. The van der Waals surface area contributed by atoms with E-state index in [-0.39, 0.29) is 31.3 Å². The number of carbonyl (C=O) groups is 3. The molecular formula is C13H21N3O5. The zero-order valence-corrected chi connectivity index (χ0v) is 12.0. The van der Waals surface area contributed by atoms with Gasteiger partial charge in [0.25, 0.3) is 0 Å². The topological polar surface area (TPSA) is 110 Å². The number of aliphatic hydroxyl groups excluding tert-OH is 1. The van der Waals surface area contributed by atoms with Gasteiger partial charge in [0.15, 0.2) is 0 Å². The number of amides is 3. The molecule has 118 valence electrons. The minimum absolute atomic E-state index is 0.0247. The Hall–Kier alpha value is -1.83. The van der Waals surface area contributed by atoms with Crippen LogP contribution in [0.25, 0.3) is 0 Å². The fraction of sp³-hybridized carbons (Fsp3) is 0.769. The monoisotopic (exact) mass is 299 g/mol. The minimum atomic E-state index is -1.11. The van der Waals surface area contributed by atoms with Gasteiger partial charge in [0.1, 0.15) is 6.04 Å². The minimum Gasteiger partial charge on any atom is -0.480 e. The lowest BCUT2D eigenvalue weighted by Gasteiger charge is -2.35. The number of likely N-dealkylation sites (tertiary alicyclic amines) is 2. The van der Waals surface area contributed by atoms with Crippen molar-refractivity contribution in [2.75, 3.05) is 26.7 Å². The summed E-state index contributed by atoms with van der Waals surface area (Å²) in [7, 11) is 1.56. The van der Waals surface area contributed by atoms with E-state index >= 15 is 0 Å². The van der Waals surface area contributed by atoms with E-state index in [0.29, 0.717) is 19.4 Å². The molecule has 0 spiro atoms. The highest BCUT2D eigenvalue weighted by Crippen LogP contribution is 2.23. The molecule has 1 unspecified atom stereocenters. The van der Waals surface area contributed by atoms with Crippen molar-refractivity contribution in [1.82, 2.24) is 15.1 Å². The van der Waals surface area contributed by atoms with Crippen LogP contribution in [0.3, 0.4) is 0 Å². The Balaban J connectivity index is 2.05. The van der Waals surface area contributed by atoms with Crippen LogP contribution in [0.1, 0.15) is 19.3 Å². The second kappa shape index (κ2) is 6.30. The number of hydrogen-bond donors (Lipinski definition) is 3.